The maximum absolute atomic E-state index is 12.0. The molecule has 0 saturated carbocycles. The number of urea groups is 1. The fourth-order valence-electron chi connectivity index (χ4n) is 2.15. The summed E-state index contributed by atoms with van der Waals surface area (Å²) in [4.78, 5) is 12.0. The van der Waals surface area contributed by atoms with Crippen molar-refractivity contribution in [2.24, 2.45) is 0 Å². The smallest absolute Gasteiger partial charge is 0.319 e. The highest BCUT2D eigenvalue weighted by molar-refractivity contribution is 6.30. The van der Waals surface area contributed by atoms with Crippen molar-refractivity contribution in [3.63, 3.8) is 0 Å². The second-order valence-electron chi connectivity index (χ2n) is 5.93. The summed E-state index contributed by atoms with van der Waals surface area (Å²) < 4.78 is 5.17. The number of ether oxygens (including phenoxy) is 1. The monoisotopic (exact) mass is 332 g/mol. The zero-order valence-electron chi connectivity index (χ0n) is 13.5. The molecule has 2 aromatic carbocycles. The molecule has 2 amide bonds. The molecule has 4 nitrogen and oxygen atoms in total. The van der Waals surface area contributed by atoms with E-state index in [-0.39, 0.29) is 11.4 Å². The number of hydrogen-bond donors (Lipinski definition) is 2. The summed E-state index contributed by atoms with van der Waals surface area (Å²) in [7, 11) is 1.64. The van der Waals surface area contributed by atoms with Crippen LogP contribution in [0.25, 0.3) is 0 Å². The summed E-state index contributed by atoms with van der Waals surface area (Å²) >= 11 is 5.82. The zero-order valence-corrected chi connectivity index (χ0v) is 14.3. The van der Waals surface area contributed by atoms with E-state index in [1.807, 2.05) is 24.3 Å². The molecule has 0 aliphatic rings. The molecular formula is C18H21ClN2O2. The van der Waals surface area contributed by atoms with Crippen LogP contribution < -0.4 is 15.4 Å². The van der Waals surface area contributed by atoms with Gasteiger partial charge in [0, 0.05) is 22.7 Å². The van der Waals surface area contributed by atoms with Crippen LogP contribution in [0.15, 0.2) is 48.5 Å². The third-order valence-electron chi connectivity index (χ3n) is 3.66. The van der Waals surface area contributed by atoms with Crippen molar-refractivity contribution in [1.29, 1.82) is 0 Å². The Morgan fingerprint density at radius 2 is 1.70 bits per heavy atom. The van der Waals surface area contributed by atoms with Gasteiger partial charge in [0.15, 0.2) is 0 Å². The molecule has 0 fully saturated rings. The van der Waals surface area contributed by atoms with Gasteiger partial charge in [0.25, 0.3) is 0 Å². The number of benzene rings is 2. The van der Waals surface area contributed by atoms with Crippen LogP contribution in [0.5, 0.6) is 5.75 Å². The lowest BCUT2D eigenvalue weighted by atomic mass is 9.84. The highest BCUT2D eigenvalue weighted by Gasteiger charge is 2.21. The highest BCUT2D eigenvalue weighted by atomic mass is 35.5. The van der Waals surface area contributed by atoms with Crippen molar-refractivity contribution in [1.82, 2.24) is 5.32 Å². The Labute approximate surface area is 141 Å². The molecule has 0 unspecified atom stereocenters. The lowest BCUT2D eigenvalue weighted by Gasteiger charge is -2.26. The summed E-state index contributed by atoms with van der Waals surface area (Å²) in [5.74, 6) is 0.818. The fourth-order valence-corrected chi connectivity index (χ4v) is 2.28. The van der Waals surface area contributed by atoms with E-state index in [0.29, 0.717) is 17.3 Å². The van der Waals surface area contributed by atoms with Crippen LogP contribution in [0.1, 0.15) is 19.4 Å². The number of nitrogens with one attached hydrogen (secondary N) is 2. The van der Waals surface area contributed by atoms with Crippen molar-refractivity contribution >= 4 is 23.3 Å². The van der Waals surface area contributed by atoms with E-state index in [9.17, 15) is 4.79 Å². The molecule has 0 heterocycles. The predicted molar refractivity (Wildman–Crippen MR) is 94.5 cm³/mol. The summed E-state index contributed by atoms with van der Waals surface area (Å²) in [6.07, 6.45) is 0. The van der Waals surface area contributed by atoms with Crippen LogP contribution in [0, 0.1) is 0 Å². The molecule has 2 rings (SSSR count). The largest absolute Gasteiger partial charge is 0.497 e. The van der Waals surface area contributed by atoms with E-state index in [4.69, 9.17) is 16.3 Å². The van der Waals surface area contributed by atoms with Gasteiger partial charge >= 0.3 is 6.03 Å². The van der Waals surface area contributed by atoms with Crippen molar-refractivity contribution in [3.8, 4) is 5.75 Å². The SMILES string of the molecule is COc1ccc(C(C)(C)CNC(=O)Nc2ccc(Cl)cc2)cc1. The maximum atomic E-state index is 12.0. The summed E-state index contributed by atoms with van der Waals surface area (Å²) in [5.41, 5.74) is 1.64. The van der Waals surface area contributed by atoms with Crippen molar-refractivity contribution in [2.45, 2.75) is 19.3 Å². The second-order valence-corrected chi connectivity index (χ2v) is 6.36. The van der Waals surface area contributed by atoms with E-state index in [2.05, 4.69) is 24.5 Å². The average Bonchev–Trinajstić information content (AvgIpc) is 2.55. The van der Waals surface area contributed by atoms with E-state index < -0.39 is 0 Å². The third kappa shape index (κ3) is 4.89. The molecule has 2 N–H and O–H groups in total. The standard InChI is InChI=1S/C18H21ClN2O2/c1-18(2,13-4-10-16(23-3)11-5-13)12-20-17(22)21-15-8-6-14(19)7-9-15/h4-11H,12H2,1-3H3,(H2,20,21,22). The van der Waals surface area contributed by atoms with Crippen LogP contribution in [0.3, 0.4) is 0 Å². The Morgan fingerprint density at radius 3 is 2.26 bits per heavy atom. The van der Waals surface area contributed by atoms with Gasteiger partial charge in [-0.1, -0.05) is 37.6 Å². The van der Waals surface area contributed by atoms with Crippen LogP contribution in [-0.2, 0) is 5.41 Å². The van der Waals surface area contributed by atoms with Gasteiger partial charge in [-0.2, -0.15) is 0 Å². The Balaban J connectivity index is 1.92. The number of carbonyl (C=O) groups is 1. The van der Waals surface area contributed by atoms with Crippen LogP contribution in [-0.4, -0.2) is 19.7 Å². The van der Waals surface area contributed by atoms with Crippen LogP contribution >= 0.6 is 11.6 Å². The fraction of sp³-hybridized carbons (Fsp3) is 0.278. The van der Waals surface area contributed by atoms with Gasteiger partial charge in [-0.15, -0.1) is 0 Å². The molecule has 5 heteroatoms. The molecule has 0 radical (unpaired) electrons. The van der Waals surface area contributed by atoms with Gasteiger partial charge in [0.1, 0.15) is 5.75 Å². The first-order chi connectivity index (χ1) is 10.9. The molecule has 122 valence electrons. The number of halogens is 1. The minimum atomic E-state index is -0.242. The molecule has 23 heavy (non-hydrogen) atoms. The molecule has 0 aliphatic carbocycles. The minimum absolute atomic E-state index is 0.191. The lowest BCUT2D eigenvalue weighted by molar-refractivity contribution is 0.249. The summed E-state index contributed by atoms with van der Waals surface area (Å²) in [6.45, 7) is 4.67. The molecular weight excluding hydrogens is 312 g/mol. The van der Waals surface area contributed by atoms with Gasteiger partial charge in [0.2, 0.25) is 0 Å². The second kappa shape index (κ2) is 7.38. The molecule has 2 aromatic rings. The first-order valence-electron chi connectivity index (χ1n) is 7.36. The molecule has 0 aliphatic heterocycles. The highest BCUT2D eigenvalue weighted by Crippen LogP contribution is 2.24. The van der Waals surface area contributed by atoms with Crippen molar-refractivity contribution < 1.29 is 9.53 Å². The van der Waals surface area contributed by atoms with Crippen LogP contribution in [0.2, 0.25) is 5.02 Å². The molecule has 0 atom stereocenters. The number of rotatable bonds is 5. The van der Waals surface area contributed by atoms with Gasteiger partial charge in [0.05, 0.1) is 7.11 Å². The zero-order chi connectivity index (χ0) is 16.9. The Kier molecular flexibility index (Phi) is 5.50. The summed E-state index contributed by atoms with van der Waals surface area (Å²) in [6, 6.07) is 14.6. The van der Waals surface area contributed by atoms with Crippen LogP contribution in [0.4, 0.5) is 10.5 Å². The predicted octanol–water partition coefficient (Wildman–Crippen LogP) is 4.45. The first-order valence-corrected chi connectivity index (χ1v) is 7.73. The molecule has 0 saturated heterocycles. The average molecular weight is 333 g/mol. The number of carbonyl (C=O) groups excluding carboxylic acids is 1. The van der Waals surface area contributed by atoms with Gasteiger partial charge in [-0.05, 0) is 42.0 Å². The summed E-state index contributed by atoms with van der Waals surface area (Å²) in [5, 5.41) is 6.32. The lowest BCUT2D eigenvalue weighted by Crippen LogP contribution is -2.38. The van der Waals surface area contributed by atoms with E-state index in [0.717, 1.165) is 11.3 Å². The maximum Gasteiger partial charge on any atom is 0.319 e. The quantitative estimate of drug-likeness (QED) is 0.850. The minimum Gasteiger partial charge on any atom is -0.497 e. The number of anilines is 1. The molecule has 0 aromatic heterocycles. The van der Waals surface area contributed by atoms with Crippen molar-refractivity contribution in [3.05, 3.63) is 59.1 Å². The molecule has 0 spiro atoms. The van der Waals surface area contributed by atoms with Crippen molar-refractivity contribution in [2.75, 3.05) is 19.0 Å². The topological polar surface area (TPSA) is 50.4 Å². The number of methoxy groups -OCH3 is 1. The number of amides is 2. The Morgan fingerprint density at radius 1 is 1.09 bits per heavy atom. The normalized spacial score (nSPS) is 11.0. The van der Waals surface area contributed by atoms with E-state index in [1.165, 1.54) is 0 Å². The Hall–Kier alpha value is -2.20. The van der Waals surface area contributed by atoms with E-state index in [1.54, 1.807) is 31.4 Å². The van der Waals surface area contributed by atoms with E-state index >= 15 is 0 Å². The van der Waals surface area contributed by atoms with Gasteiger partial charge in [-0.25, -0.2) is 4.79 Å². The Bertz CT molecular complexity index is 652. The first kappa shape index (κ1) is 17.2. The number of hydrogen-bond acceptors (Lipinski definition) is 2. The molecule has 0 bridgehead atoms. The van der Waals surface area contributed by atoms with Gasteiger partial charge in [-0.3, -0.25) is 0 Å². The van der Waals surface area contributed by atoms with Gasteiger partial charge < -0.3 is 15.4 Å². The third-order valence-corrected chi connectivity index (χ3v) is 3.92.